The van der Waals surface area contributed by atoms with Gasteiger partial charge in [-0.2, -0.15) is 5.10 Å². The average Bonchev–Trinajstić information content (AvgIpc) is 3.38. The van der Waals surface area contributed by atoms with Crippen LogP contribution < -0.4 is 15.9 Å². The van der Waals surface area contributed by atoms with Gasteiger partial charge in [-0.25, -0.2) is 0 Å². The molecular formula is C41H60N4O2. The number of amides is 1. The number of hydrogen-bond acceptors (Lipinski definition) is 5. The predicted octanol–water partition coefficient (Wildman–Crippen LogP) is 10.9. The van der Waals surface area contributed by atoms with Crippen LogP contribution in [0.4, 0.5) is 5.69 Å². The fourth-order valence-corrected chi connectivity index (χ4v) is 6.11. The van der Waals surface area contributed by atoms with Crippen molar-refractivity contribution < 1.29 is 9.53 Å². The van der Waals surface area contributed by atoms with Crippen LogP contribution >= 0.6 is 0 Å². The first-order chi connectivity index (χ1) is 22.6. The molecule has 0 saturated heterocycles. The number of aryl methyl sites for hydroxylation is 1. The molecule has 1 heterocycles. The molecule has 2 atom stereocenters. The molecule has 47 heavy (non-hydrogen) atoms. The SMILES string of the molecule is CC.CCCC(/C=C1\C(=O)Nc2ccc(-c3c(C)cccc3OC)cc21)=C(/C)C(=C(C)C)/C(C=NC(CCC)CCC(C)CC)=N/N. The maximum atomic E-state index is 13.4. The van der Waals surface area contributed by atoms with Gasteiger partial charge in [0.2, 0.25) is 0 Å². The molecule has 3 rings (SSSR count). The van der Waals surface area contributed by atoms with Crippen molar-refractivity contribution >= 4 is 29.1 Å². The zero-order valence-corrected chi connectivity index (χ0v) is 31.0. The highest BCUT2D eigenvalue weighted by molar-refractivity contribution is 6.39. The first-order valence-corrected chi connectivity index (χ1v) is 17.6. The summed E-state index contributed by atoms with van der Waals surface area (Å²) in [5.41, 5.74) is 10.4. The summed E-state index contributed by atoms with van der Waals surface area (Å²) in [6.45, 7) is 21.3. The van der Waals surface area contributed by atoms with E-state index in [4.69, 9.17) is 15.6 Å². The molecule has 2 unspecified atom stereocenters. The molecule has 2 aromatic rings. The third-order valence-electron chi connectivity index (χ3n) is 8.85. The highest BCUT2D eigenvalue weighted by Crippen LogP contribution is 2.40. The van der Waals surface area contributed by atoms with E-state index in [1.165, 1.54) is 6.42 Å². The molecule has 6 nitrogen and oxygen atoms in total. The van der Waals surface area contributed by atoms with Crippen LogP contribution in [0.25, 0.3) is 16.7 Å². The number of nitrogens with zero attached hydrogens (tertiary/aromatic N) is 2. The standard InChI is InChI=1S/C39H54N4O2.C2H6/c1-10-14-29(28(8)37(25(4)5)35(43-40)24-41-31(15-11-2)20-18-26(6)12-3)22-33-32-23-30(19-21-34(32)42-39(33)44)38-27(7)16-13-17-36(38)45-9;1-2/h13,16-17,19,21-24,26,31H,10-12,14-15,18,20,40H2,1-9H3,(H,42,44);1-2H3/b29-28+,33-22-,41-24?,43-35+;. The van der Waals surface area contributed by atoms with Gasteiger partial charge in [0.1, 0.15) is 11.5 Å². The lowest BCUT2D eigenvalue weighted by Gasteiger charge is -2.17. The Labute approximate surface area is 285 Å². The third-order valence-corrected chi connectivity index (χ3v) is 8.85. The molecule has 0 radical (unpaired) electrons. The van der Waals surface area contributed by atoms with Crippen LogP contribution in [-0.2, 0) is 4.79 Å². The number of allylic oxidation sites excluding steroid dienone is 5. The number of rotatable bonds is 15. The van der Waals surface area contributed by atoms with Crippen LogP contribution in [0, 0.1) is 12.8 Å². The van der Waals surface area contributed by atoms with E-state index in [-0.39, 0.29) is 11.9 Å². The lowest BCUT2D eigenvalue weighted by atomic mass is 9.90. The number of hydrazone groups is 1. The Hall–Kier alpha value is -3.93. The lowest BCUT2D eigenvalue weighted by Crippen LogP contribution is -2.15. The number of ether oxygens (including phenoxy) is 1. The molecule has 0 bridgehead atoms. The van der Waals surface area contributed by atoms with Gasteiger partial charge in [0, 0.05) is 34.2 Å². The van der Waals surface area contributed by atoms with E-state index < -0.39 is 0 Å². The summed E-state index contributed by atoms with van der Waals surface area (Å²) >= 11 is 0. The Balaban J connectivity index is 0.00000376. The Bertz CT molecular complexity index is 1510. The number of fused-ring (bicyclic) bond motifs is 1. The van der Waals surface area contributed by atoms with E-state index in [0.29, 0.717) is 17.2 Å². The second kappa shape index (κ2) is 19.7. The Kier molecular flexibility index (Phi) is 16.4. The van der Waals surface area contributed by atoms with Gasteiger partial charge in [-0.3, -0.25) is 9.79 Å². The second-order valence-corrected chi connectivity index (χ2v) is 12.5. The van der Waals surface area contributed by atoms with Gasteiger partial charge in [-0.15, -0.1) is 0 Å². The minimum Gasteiger partial charge on any atom is -0.496 e. The fourth-order valence-electron chi connectivity index (χ4n) is 6.11. The Morgan fingerprint density at radius 3 is 2.34 bits per heavy atom. The van der Waals surface area contributed by atoms with E-state index in [1.54, 1.807) is 7.11 Å². The van der Waals surface area contributed by atoms with Crippen LogP contribution in [0.5, 0.6) is 5.75 Å². The van der Waals surface area contributed by atoms with Crippen LogP contribution in [0.15, 0.2) is 74.9 Å². The highest BCUT2D eigenvalue weighted by Gasteiger charge is 2.26. The fraction of sp³-hybridized carbons (Fsp3) is 0.488. The van der Waals surface area contributed by atoms with Crippen molar-refractivity contribution in [1.29, 1.82) is 0 Å². The van der Waals surface area contributed by atoms with Crippen LogP contribution in [0.1, 0.15) is 118 Å². The molecule has 0 spiro atoms. The summed E-state index contributed by atoms with van der Waals surface area (Å²) in [5, 5.41) is 7.31. The zero-order chi connectivity index (χ0) is 35.1. The summed E-state index contributed by atoms with van der Waals surface area (Å²) in [5.74, 6) is 7.44. The number of nitrogens with two attached hydrogens (primary N) is 1. The van der Waals surface area contributed by atoms with Crippen molar-refractivity contribution in [3.05, 3.63) is 75.9 Å². The zero-order valence-electron chi connectivity index (χ0n) is 31.0. The maximum absolute atomic E-state index is 13.4. The molecule has 2 aromatic carbocycles. The number of aliphatic imine (C=N–C) groups is 1. The summed E-state index contributed by atoms with van der Waals surface area (Å²) in [4.78, 5) is 18.4. The molecule has 3 N–H and O–H groups in total. The lowest BCUT2D eigenvalue weighted by molar-refractivity contribution is -0.110. The summed E-state index contributed by atoms with van der Waals surface area (Å²) in [6.07, 6.45) is 11.2. The van der Waals surface area contributed by atoms with Gasteiger partial charge in [0.25, 0.3) is 5.91 Å². The smallest absolute Gasteiger partial charge is 0.256 e. The van der Waals surface area contributed by atoms with Crippen LogP contribution in [0.2, 0.25) is 0 Å². The van der Waals surface area contributed by atoms with Crippen molar-refractivity contribution in [3.63, 3.8) is 0 Å². The normalized spacial score (nSPS) is 15.4. The topological polar surface area (TPSA) is 89.1 Å². The van der Waals surface area contributed by atoms with E-state index in [1.807, 2.05) is 44.3 Å². The van der Waals surface area contributed by atoms with Gasteiger partial charge >= 0.3 is 0 Å². The number of methoxy groups -OCH3 is 1. The van der Waals surface area contributed by atoms with E-state index >= 15 is 0 Å². The van der Waals surface area contributed by atoms with Gasteiger partial charge in [0.15, 0.2) is 0 Å². The minimum absolute atomic E-state index is 0.1000. The Morgan fingerprint density at radius 1 is 1.02 bits per heavy atom. The largest absolute Gasteiger partial charge is 0.496 e. The van der Waals surface area contributed by atoms with E-state index in [0.717, 1.165) is 94.5 Å². The number of hydrogen-bond donors (Lipinski definition) is 2. The first-order valence-electron chi connectivity index (χ1n) is 17.6. The maximum Gasteiger partial charge on any atom is 0.256 e. The van der Waals surface area contributed by atoms with Crippen LogP contribution in [-0.4, -0.2) is 31.0 Å². The molecule has 0 aliphatic carbocycles. The number of benzene rings is 2. The summed E-state index contributed by atoms with van der Waals surface area (Å²) in [7, 11) is 1.69. The molecule has 1 amide bonds. The van der Waals surface area contributed by atoms with Gasteiger partial charge in [-0.1, -0.05) is 84.6 Å². The monoisotopic (exact) mass is 640 g/mol. The van der Waals surface area contributed by atoms with Gasteiger partial charge in [-0.05, 0) is 106 Å². The van der Waals surface area contributed by atoms with Crippen molar-refractivity contribution in [2.45, 2.75) is 120 Å². The highest BCUT2D eigenvalue weighted by atomic mass is 16.5. The quantitative estimate of drug-likeness (QED) is 0.0667. The number of anilines is 1. The second-order valence-electron chi connectivity index (χ2n) is 12.5. The summed E-state index contributed by atoms with van der Waals surface area (Å²) in [6, 6.07) is 12.4. The molecule has 1 aliphatic heterocycles. The molecular weight excluding hydrogens is 580 g/mol. The molecule has 0 aromatic heterocycles. The van der Waals surface area contributed by atoms with Crippen molar-refractivity contribution in [2.75, 3.05) is 12.4 Å². The third kappa shape index (κ3) is 10.3. The predicted molar refractivity (Wildman–Crippen MR) is 205 cm³/mol. The Morgan fingerprint density at radius 2 is 1.74 bits per heavy atom. The van der Waals surface area contributed by atoms with Crippen molar-refractivity contribution in [3.8, 4) is 16.9 Å². The van der Waals surface area contributed by atoms with E-state index in [9.17, 15) is 4.79 Å². The average molecular weight is 641 g/mol. The van der Waals surface area contributed by atoms with E-state index in [2.05, 4.69) is 84.0 Å². The van der Waals surface area contributed by atoms with Crippen molar-refractivity contribution in [2.24, 2.45) is 21.9 Å². The first kappa shape index (κ1) is 39.2. The molecule has 256 valence electrons. The summed E-state index contributed by atoms with van der Waals surface area (Å²) < 4.78 is 5.69. The molecule has 0 fully saturated rings. The van der Waals surface area contributed by atoms with Crippen LogP contribution in [0.3, 0.4) is 0 Å². The number of nitrogens with one attached hydrogen (secondary N) is 1. The van der Waals surface area contributed by atoms with Gasteiger partial charge < -0.3 is 15.9 Å². The van der Waals surface area contributed by atoms with Crippen molar-refractivity contribution in [1.82, 2.24) is 0 Å². The molecule has 0 saturated carbocycles. The van der Waals surface area contributed by atoms with Gasteiger partial charge in [0.05, 0.1) is 13.2 Å². The number of carbonyl (C=O) groups excluding carboxylic acids is 1. The number of carbonyl (C=O) groups is 1. The molecule has 1 aliphatic rings. The minimum atomic E-state index is -0.1000. The molecule has 6 heteroatoms.